The topological polar surface area (TPSA) is 80.8 Å². The third kappa shape index (κ3) is 4.19. The highest BCUT2D eigenvalue weighted by atomic mass is 16.5. The number of nitrogens with one attached hydrogen (secondary N) is 1. The number of carbonyl (C=O) groups excluding carboxylic acids is 2. The van der Waals surface area contributed by atoms with E-state index in [1.54, 1.807) is 31.4 Å². The lowest BCUT2D eigenvalue weighted by molar-refractivity contribution is -0.126. The van der Waals surface area contributed by atoms with Crippen molar-refractivity contribution < 1.29 is 19.1 Å². The van der Waals surface area contributed by atoms with Crippen LogP contribution in [0.5, 0.6) is 11.6 Å². The molecule has 2 aromatic rings. The zero-order valence-corrected chi connectivity index (χ0v) is 15.7. The van der Waals surface area contributed by atoms with Crippen LogP contribution in [-0.2, 0) is 16.1 Å². The smallest absolute Gasteiger partial charge is 0.227 e. The minimum atomic E-state index is -0.395. The van der Waals surface area contributed by atoms with E-state index >= 15 is 0 Å². The monoisotopic (exact) mass is 369 g/mol. The van der Waals surface area contributed by atoms with Gasteiger partial charge in [0, 0.05) is 31.8 Å². The maximum absolute atomic E-state index is 12.5. The molecule has 1 aliphatic heterocycles. The van der Waals surface area contributed by atoms with Crippen LogP contribution in [0.15, 0.2) is 36.5 Å². The van der Waals surface area contributed by atoms with Gasteiger partial charge in [-0.25, -0.2) is 4.98 Å². The Bertz CT molecular complexity index is 836. The average Bonchev–Trinajstić information content (AvgIpc) is 3.08. The van der Waals surface area contributed by atoms with Crippen LogP contribution >= 0.6 is 0 Å². The number of amides is 2. The molecule has 7 heteroatoms. The maximum atomic E-state index is 12.5. The molecule has 2 heterocycles. The lowest BCUT2D eigenvalue weighted by atomic mass is 10.1. The summed E-state index contributed by atoms with van der Waals surface area (Å²) in [6.45, 7) is 2.65. The number of hydrogen-bond acceptors (Lipinski definition) is 5. The molecule has 0 aliphatic carbocycles. The SMILES string of the molecule is COc1ccc(CNC(=O)C2CC(=O)N(c3cc(C)ccc3OC)C2)cn1. The van der Waals surface area contributed by atoms with Crippen LogP contribution in [0.3, 0.4) is 0 Å². The molecule has 2 amide bonds. The lowest BCUT2D eigenvalue weighted by Crippen LogP contribution is -2.32. The summed E-state index contributed by atoms with van der Waals surface area (Å²) >= 11 is 0. The second kappa shape index (κ2) is 8.07. The van der Waals surface area contributed by atoms with Gasteiger partial charge in [0.05, 0.1) is 25.8 Å². The molecule has 1 saturated heterocycles. The molecule has 7 nitrogen and oxygen atoms in total. The van der Waals surface area contributed by atoms with Crippen LogP contribution in [0, 0.1) is 12.8 Å². The molecule has 3 rings (SSSR count). The summed E-state index contributed by atoms with van der Waals surface area (Å²) < 4.78 is 10.4. The van der Waals surface area contributed by atoms with E-state index in [1.165, 1.54) is 0 Å². The van der Waals surface area contributed by atoms with Gasteiger partial charge < -0.3 is 19.7 Å². The van der Waals surface area contributed by atoms with E-state index in [2.05, 4.69) is 10.3 Å². The molecular weight excluding hydrogens is 346 g/mol. The number of hydrogen-bond donors (Lipinski definition) is 1. The zero-order valence-electron chi connectivity index (χ0n) is 15.7. The zero-order chi connectivity index (χ0) is 19.4. The summed E-state index contributed by atoms with van der Waals surface area (Å²) in [5.41, 5.74) is 2.60. The number of nitrogens with zero attached hydrogens (tertiary/aromatic N) is 2. The van der Waals surface area contributed by atoms with Gasteiger partial charge in [-0.05, 0) is 30.2 Å². The molecule has 0 radical (unpaired) electrons. The van der Waals surface area contributed by atoms with E-state index in [1.807, 2.05) is 31.2 Å². The van der Waals surface area contributed by atoms with Gasteiger partial charge in [-0.1, -0.05) is 12.1 Å². The molecule has 0 saturated carbocycles. The second-order valence-corrected chi connectivity index (χ2v) is 6.51. The van der Waals surface area contributed by atoms with Crippen molar-refractivity contribution in [2.75, 3.05) is 25.7 Å². The van der Waals surface area contributed by atoms with E-state index in [9.17, 15) is 9.59 Å². The molecule has 1 aromatic heterocycles. The predicted octanol–water partition coefficient (Wildman–Crippen LogP) is 2.08. The van der Waals surface area contributed by atoms with Crippen molar-refractivity contribution in [3.05, 3.63) is 47.7 Å². The molecule has 27 heavy (non-hydrogen) atoms. The summed E-state index contributed by atoms with van der Waals surface area (Å²) in [6.07, 6.45) is 1.84. The summed E-state index contributed by atoms with van der Waals surface area (Å²) in [5.74, 6) is 0.529. The van der Waals surface area contributed by atoms with E-state index in [0.29, 0.717) is 30.4 Å². The van der Waals surface area contributed by atoms with Gasteiger partial charge >= 0.3 is 0 Å². The number of benzene rings is 1. The van der Waals surface area contributed by atoms with Crippen molar-refractivity contribution in [3.63, 3.8) is 0 Å². The largest absolute Gasteiger partial charge is 0.495 e. The highest BCUT2D eigenvalue weighted by Crippen LogP contribution is 2.33. The minimum absolute atomic E-state index is 0.0786. The van der Waals surface area contributed by atoms with Gasteiger partial charge in [-0.3, -0.25) is 9.59 Å². The number of rotatable bonds is 6. The standard InChI is InChI=1S/C20H23N3O4/c1-13-4-6-17(26-2)16(8-13)23-12-15(9-19(23)24)20(25)22-11-14-5-7-18(27-3)21-10-14/h4-8,10,15H,9,11-12H2,1-3H3,(H,22,25). The van der Waals surface area contributed by atoms with Crippen LogP contribution in [0.4, 0.5) is 5.69 Å². The fraction of sp³-hybridized carbons (Fsp3) is 0.350. The summed E-state index contributed by atoms with van der Waals surface area (Å²) in [5, 5.41) is 2.88. The predicted molar refractivity (Wildman–Crippen MR) is 101 cm³/mol. The van der Waals surface area contributed by atoms with Gasteiger partial charge in [-0.2, -0.15) is 0 Å². The molecule has 142 valence electrons. The molecule has 1 aromatic carbocycles. The van der Waals surface area contributed by atoms with E-state index in [4.69, 9.17) is 9.47 Å². The molecule has 1 fully saturated rings. The van der Waals surface area contributed by atoms with Crippen LogP contribution in [0.1, 0.15) is 17.5 Å². The van der Waals surface area contributed by atoms with Gasteiger partial charge in [0.2, 0.25) is 17.7 Å². The highest BCUT2D eigenvalue weighted by molar-refractivity contribution is 6.01. The number of aryl methyl sites for hydroxylation is 1. The van der Waals surface area contributed by atoms with E-state index in [-0.39, 0.29) is 18.2 Å². The maximum Gasteiger partial charge on any atom is 0.227 e. The molecule has 1 unspecified atom stereocenters. The van der Waals surface area contributed by atoms with Gasteiger partial charge in [0.15, 0.2) is 0 Å². The summed E-state index contributed by atoms with van der Waals surface area (Å²) in [7, 11) is 3.12. The first kappa shape index (κ1) is 18.7. The molecule has 1 N–H and O–H groups in total. The van der Waals surface area contributed by atoms with E-state index in [0.717, 1.165) is 11.1 Å². The number of aromatic nitrogens is 1. The number of ether oxygens (including phenoxy) is 2. The summed E-state index contributed by atoms with van der Waals surface area (Å²) in [6, 6.07) is 9.25. The molecule has 1 aliphatic rings. The number of methoxy groups -OCH3 is 2. The average molecular weight is 369 g/mol. The van der Waals surface area contributed by atoms with Gasteiger partial charge in [0.25, 0.3) is 0 Å². The molecular formula is C20H23N3O4. The van der Waals surface area contributed by atoms with Crippen molar-refractivity contribution >= 4 is 17.5 Å². The number of anilines is 1. The van der Waals surface area contributed by atoms with Gasteiger partial charge in [0.1, 0.15) is 5.75 Å². The van der Waals surface area contributed by atoms with Crippen molar-refractivity contribution in [2.45, 2.75) is 19.9 Å². The van der Waals surface area contributed by atoms with Crippen molar-refractivity contribution in [3.8, 4) is 11.6 Å². The Labute approximate surface area is 158 Å². The second-order valence-electron chi connectivity index (χ2n) is 6.51. The van der Waals surface area contributed by atoms with Crippen LogP contribution in [0.2, 0.25) is 0 Å². The van der Waals surface area contributed by atoms with Crippen LogP contribution < -0.4 is 19.7 Å². The first-order chi connectivity index (χ1) is 13.0. The Hall–Kier alpha value is -3.09. The Morgan fingerprint density at radius 2 is 2.07 bits per heavy atom. The van der Waals surface area contributed by atoms with Crippen molar-refractivity contribution in [1.29, 1.82) is 0 Å². The number of carbonyl (C=O) groups is 2. The normalized spacial score (nSPS) is 16.3. The Kier molecular flexibility index (Phi) is 5.59. The Balaban J connectivity index is 1.64. The summed E-state index contributed by atoms with van der Waals surface area (Å²) in [4.78, 5) is 30.7. The van der Waals surface area contributed by atoms with Crippen LogP contribution in [0.25, 0.3) is 0 Å². The molecule has 1 atom stereocenters. The van der Waals surface area contributed by atoms with Crippen LogP contribution in [-0.4, -0.2) is 37.6 Å². The fourth-order valence-corrected chi connectivity index (χ4v) is 3.10. The van der Waals surface area contributed by atoms with E-state index < -0.39 is 5.92 Å². The van der Waals surface area contributed by atoms with Gasteiger partial charge in [-0.15, -0.1) is 0 Å². The first-order valence-corrected chi connectivity index (χ1v) is 8.73. The number of pyridine rings is 1. The quantitative estimate of drug-likeness (QED) is 0.843. The van der Waals surface area contributed by atoms with Crippen molar-refractivity contribution in [1.82, 2.24) is 10.3 Å². The molecule has 0 spiro atoms. The Morgan fingerprint density at radius 1 is 1.26 bits per heavy atom. The third-order valence-corrected chi connectivity index (χ3v) is 4.59. The highest BCUT2D eigenvalue weighted by Gasteiger charge is 2.36. The third-order valence-electron chi connectivity index (χ3n) is 4.59. The molecule has 0 bridgehead atoms. The first-order valence-electron chi connectivity index (χ1n) is 8.73. The van der Waals surface area contributed by atoms with Crippen molar-refractivity contribution in [2.24, 2.45) is 5.92 Å². The fourth-order valence-electron chi connectivity index (χ4n) is 3.10. The lowest BCUT2D eigenvalue weighted by Gasteiger charge is -2.20. The Morgan fingerprint density at radius 3 is 2.74 bits per heavy atom. The minimum Gasteiger partial charge on any atom is -0.495 e.